The largest absolute Gasteiger partial charge is 0.478 e. The molecule has 0 aliphatic heterocycles. The summed E-state index contributed by atoms with van der Waals surface area (Å²) in [6, 6.07) is 5.22. The Morgan fingerprint density at radius 2 is 2.07 bits per heavy atom. The van der Waals surface area contributed by atoms with Crippen molar-refractivity contribution in [2.75, 3.05) is 0 Å². The summed E-state index contributed by atoms with van der Waals surface area (Å²) in [5.74, 6) is -0.895. The molecule has 2 rings (SSSR count). The highest BCUT2D eigenvalue weighted by atomic mass is 79.9. The smallest absolute Gasteiger partial charge is 0.335 e. The molecule has 0 radical (unpaired) electrons. The zero-order valence-electron chi connectivity index (χ0n) is 8.45. The fraction of sp³-hybridized carbons (Fsp3) is 0.182. The van der Waals surface area contributed by atoms with Crippen molar-refractivity contribution < 1.29 is 9.90 Å². The summed E-state index contributed by atoms with van der Waals surface area (Å²) in [7, 11) is 0. The molecule has 0 bridgehead atoms. The van der Waals surface area contributed by atoms with Crippen LogP contribution in [0.15, 0.2) is 28.1 Å². The number of aromatic carboxylic acids is 1. The lowest BCUT2D eigenvalue weighted by molar-refractivity contribution is 0.0697. The van der Waals surface area contributed by atoms with Crippen molar-refractivity contribution in [2.24, 2.45) is 0 Å². The summed E-state index contributed by atoms with van der Waals surface area (Å²) in [6.45, 7) is 4.00. The van der Waals surface area contributed by atoms with Crippen LogP contribution in [0.4, 0.5) is 0 Å². The number of carboxylic acids is 1. The summed E-state index contributed by atoms with van der Waals surface area (Å²) < 4.78 is 1.93. The molecule has 15 heavy (non-hydrogen) atoms. The number of carbonyl (C=O) groups is 1. The predicted molar refractivity (Wildman–Crippen MR) is 67.8 cm³/mol. The molecule has 0 saturated carbocycles. The van der Waals surface area contributed by atoms with Crippen molar-refractivity contribution in [3.8, 4) is 0 Å². The van der Waals surface area contributed by atoms with Crippen LogP contribution >= 0.6 is 27.3 Å². The molecular weight excluding hydrogens is 276 g/mol. The van der Waals surface area contributed by atoms with E-state index in [0.717, 1.165) is 14.6 Å². The number of fused-ring (bicyclic) bond motifs is 1. The first-order valence-corrected chi connectivity index (χ1v) is 6.26. The standard InChI is InChI=1S/C9H5BrO2S.C2H6/c10-7-4-6(9(11)12)3-5-1-2-13-8(5)7;1-2/h1-4H,(H,11,12);1-2H3. The van der Waals surface area contributed by atoms with Crippen molar-refractivity contribution in [3.05, 3.63) is 33.6 Å². The van der Waals surface area contributed by atoms with Crippen molar-refractivity contribution in [1.29, 1.82) is 0 Å². The van der Waals surface area contributed by atoms with E-state index < -0.39 is 5.97 Å². The zero-order valence-corrected chi connectivity index (χ0v) is 10.9. The summed E-state index contributed by atoms with van der Waals surface area (Å²) in [6.07, 6.45) is 0. The van der Waals surface area contributed by atoms with Crippen molar-refractivity contribution >= 4 is 43.3 Å². The van der Waals surface area contributed by atoms with Crippen LogP contribution < -0.4 is 0 Å². The van der Waals surface area contributed by atoms with Gasteiger partial charge in [0.15, 0.2) is 0 Å². The number of benzene rings is 1. The number of carboxylic acid groups (broad SMARTS) is 1. The maximum absolute atomic E-state index is 10.7. The third-order valence-corrected chi connectivity index (χ3v) is 3.60. The third-order valence-electron chi connectivity index (χ3n) is 1.75. The molecule has 0 amide bonds. The Labute approximate surface area is 101 Å². The average Bonchev–Trinajstić information content (AvgIpc) is 2.69. The molecule has 0 atom stereocenters. The minimum Gasteiger partial charge on any atom is -0.478 e. The minimum atomic E-state index is -0.895. The molecule has 0 saturated heterocycles. The Hall–Kier alpha value is -0.870. The highest BCUT2D eigenvalue weighted by Crippen LogP contribution is 2.30. The van der Waals surface area contributed by atoms with Gasteiger partial charge in [0.25, 0.3) is 0 Å². The molecule has 2 nitrogen and oxygen atoms in total. The number of thiophene rings is 1. The van der Waals surface area contributed by atoms with Crippen LogP contribution in [-0.4, -0.2) is 11.1 Å². The highest BCUT2D eigenvalue weighted by Gasteiger charge is 2.07. The molecule has 80 valence electrons. The normalized spacial score (nSPS) is 9.53. The van der Waals surface area contributed by atoms with Gasteiger partial charge in [-0.15, -0.1) is 11.3 Å². The minimum absolute atomic E-state index is 0.317. The van der Waals surface area contributed by atoms with Gasteiger partial charge in [-0.05, 0) is 44.9 Å². The van der Waals surface area contributed by atoms with E-state index in [1.165, 1.54) is 0 Å². The zero-order chi connectivity index (χ0) is 11.4. The average molecular weight is 287 g/mol. The maximum atomic E-state index is 10.7. The Bertz CT molecular complexity index is 476. The Kier molecular flexibility index (Phi) is 4.29. The van der Waals surface area contributed by atoms with Gasteiger partial charge in [0.05, 0.1) is 5.56 Å². The van der Waals surface area contributed by atoms with Gasteiger partial charge in [-0.25, -0.2) is 4.79 Å². The molecule has 0 aliphatic carbocycles. The molecule has 0 spiro atoms. The number of halogens is 1. The maximum Gasteiger partial charge on any atom is 0.335 e. The second-order valence-corrected chi connectivity index (χ2v) is 4.37. The highest BCUT2D eigenvalue weighted by molar-refractivity contribution is 9.10. The van der Waals surface area contributed by atoms with Gasteiger partial charge < -0.3 is 5.11 Å². The van der Waals surface area contributed by atoms with E-state index in [-0.39, 0.29) is 0 Å². The van der Waals surface area contributed by atoms with Gasteiger partial charge in [0.1, 0.15) is 0 Å². The van der Waals surface area contributed by atoms with Crippen LogP contribution in [0, 0.1) is 0 Å². The molecular formula is C11H11BrO2S. The summed E-state index contributed by atoms with van der Waals surface area (Å²) in [5, 5.41) is 11.7. The number of hydrogen-bond acceptors (Lipinski definition) is 2. The van der Waals surface area contributed by atoms with E-state index >= 15 is 0 Å². The van der Waals surface area contributed by atoms with Crippen LogP contribution in [0.5, 0.6) is 0 Å². The topological polar surface area (TPSA) is 37.3 Å². The summed E-state index contributed by atoms with van der Waals surface area (Å²) in [5.41, 5.74) is 0.317. The van der Waals surface area contributed by atoms with Crippen LogP contribution in [-0.2, 0) is 0 Å². The Morgan fingerprint density at radius 1 is 1.40 bits per heavy atom. The van der Waals surface area contributed by atoms with Crippen molar-refractivity contribution in [1.82, 2.24) is 0 Å². The molecule has 0 unspecified atom stereocenters. The van der Waals surface area contributed by atoms with Crippen LogP contribution in [0.1, 0.15) is 24.2 Å². The lowest BCUT2D eigenvalue weighted by Gasteiger charge is -1.97. The second kappa shape index (κ2) is 5.28. The quantitative estimate of drug-likeness (QED) is 0.844. The van der Waals surface area contributed by atoms with Gasteiger partial charge >= 0.3 is 5.97 Å². The monoisotopic (exact) mass is 286 g/mol. The van der Waals surface area contributed by atoms with E-state index in [1.54, 1.807) is 23.5 Å². The van der Waals surface area contributed by atoms with Crippen LogP contribution in [0.3, 0.4) is 0 Å². The molecule has 0 fully saturated rings. The Morgan fingerprint density at radius 3 is 2.67 bits per heavy atom. The number of rotatable bonds is 1. The van der Waals surface area contributed by atoms with Gasteiger partial charge in [0, 0.05) is 9.17 Å². The first-order valence-electron chi connectivity index (χ1n) is 4.58. The van der Waals surface area contributed by atoms with Crippen molar-refractivity contribution in [2.45, 2.75) is 13.8 Å². The molecule has 4 heteroatoms. The Balaban J connectivity index is 0.000000531. The SMILES string of the molecule is CC.O=C(O)c1cc(Br)c2sccc2c1. The van der Waals surface area contributed by atoms with Gasteiger partial charge in [-0.3, -0.25) is 0 Å². The van der Waals surface area contributed by atoms with Gasteiger partial charge in [-0.2, -0.15) is 0 Å². The van der Waals surface area contributed by atoms with Crippen molar-refractivity contribution in [3.63, 3.8) is 0 Å². The third kappa shape index (κ3) is 2.58. The first kappa shape index (κ1) is 12.2. The van der Waals surface area contributed by atoms with Crippen LogP contribution in [0.25, 0.3) is 10.1 Å². The van der Waals surface area contributed by atoms with E-state index in [4.69, 9.17) is 5.11 Å². The fourth-order valence-electron chi connectivity index (χ4n) is 1.16. The molecule has 1 aromatic carbocycles. The van der Waals surface area contributed by atoms with Crippen LogP contribution in [0.2, 0.25) is 0 Å². The summed E-state index contributed by atoms with van der Waals surface area (Å²) in [4.78, 5) is 10.7. The molecule has 1 N–H and O–H groups in total. The predicted octanol–water partition coefficient (Wildman–Crippen LogP) is 4.39. The molecule has 0 aliphatic rings. The van der Waals surface area contributed by atoms with Gasteiger partial charge in [-0.1, -0.05) is 13.8 Å². The molecule has 2 aromatic rings. The van der Waals surface area contributed by atoms with E-state index in [1.807, 2.05) is 25.3 Å². The van der Waals surface area contributed by atoms with E-state index in [2.05, 4.69) is 15.9 Å². The lowest BCUT2D eigenvalue weighted by atomic mass is 10.2. The number of hydrogen-bond donors (Lipinski definition) is 1. The van der Waals surface area contributed by atoms with Gasteiger partial charge in [0.2, 0.25) is 0 Å². The summed E-state index contributed by atoms with van der Waals surface area (Å²) >= 11 is 4.94. The second-order valence-electron chi connectivity index (χ2n) is 2.60. The first-order chi connectivity index (χ1) is 7.18. The molecule has 1 aromatic heterocycles. The van der Waals surface area contributed by atoms with E-state index in [9.17, 15) is 4.79 Å². The lowest BCUT2D eigenvalue weighted by Crippen LogP contribution is -1.95. The molecule has 1 heterocycles. The fourth-order valence-corrected chi connectivity index (χ4v) is 2.70. The van der Waals surface area contributed by atoms with E-state index in [0.29, 0.717) is 5.56 Å².